The zero-order chi connectivity index (χ0) is 11.6. The number of hydrogen-bond donors (Lipinski definition) is 0. The maximum Gasteiger partial charge on any atom is 0.137 e. The van der Waals surface area contributed by atoms with Gasteiger partial charge in [0.15, 0.2) is 0 Å². The van der Waals surface area contributed by atoms with Crippen molar-refractivity contribution in [1.82, 2.24) is 0 Å². The van der Waals surface area contributed by atoms with Gasteiger partial charge in [0.05, 0.1) is 11.1 Å². The average Bonchev–Trinajstić information content (AvgIpc) is 2.73. The van der Waals surface area contributed by atoms with E-state index in [2.05, 4.69) is 31.9 Å². The first-order valence-electron chi connectivity index (χ1n) is 5.23. The second kappa shape index (κ2) is 5.15. The molecule has 1 fully saturated rings. The van der Waals surface area contributed by atoms with Crippen molar-refractivity contribution in [3.8, 4) is 0 Å². The quantitative estimate of drug-likeness (QED) is 0.749. The van der Waals surface area contributed by atoms with Crippen molar-refractivity contribution < 1.29 is 9.13 Å². The lowest BCUT2D eigenvalue weighted by atomic mass is 9.83. The van der Waals surface area contributed by atoms with Crippen molar-refractivity contribution in [3.05, 3.63) is 34.1 Å². The van der Waals surface area contributed by atoms with Gasteiger partial charge >= 0.3 is 0 Å². The number of rotatable bonds is 3. The maximum absolute atomic E-state index is 13.1. The molecule has 0 bridgehead atoms. The van der Waals surface area contributed by atoms with Gasteiger partial charge in [-0.05, 0) is 46.5 Å². The number of hydrogen-bond acceptors (Lipinski definition) is 1. The largest absolute Gasteiger partial charge is 0.381 e. The van der Waals surface area contributed by atoms with Crippen LogP contribution in [-0.4, -0.2) is 18.5 Å². The van der Waals surface area contributed by atoms with E-state index in [0.29, 0.717) is 4.47 Å². The van der Waals surface area contributed by atoms with E-state index in [-0.39, 0.29) is 11.2 Å². The Morgan fingerprint density at radius 3 is 2.81 bits per heavy atom. The lowest BCUT2D eigenvalue weighted by Crippen LogP contribution is -2.25. The molecular weight excluding hydrogens is 339 g/mol. The first kappa shape index (κ1) is 12.5. The minimum atomic E-state index is -0.209. The second-order valence-corrected chi connectivity index (χ2v) is 5.78. The summed E-state index contributed by atoms with van der Waals surface area (Å²) in [5.41, 5.74) is 1.33. The smallest absolute Gasteiger partial charge is 0.137 e. The molecule has 1 aliphatic heterocycles. The third-order valence-electron chi connectivity index (χ3n) is 3.03. The molecule has 0 saturated carbocycles. The van der Waals surface area contributed by atoms with Gasteiger partial charge in [-0.2, -0.15) is 0 Å². The molecule has 0 radical (unpaired) electrons. The molecule has 1 atom stereocenters. The van der Waals surface area contributed by atoms with Crippen molar-refractivity contribution in [2.24, 2.45) is 5.41 Å². The van der Waals surface area contributed by atoms with Crippen LogP contribution in [0.1, 0.15) is 12.0 Å². The van der Waals surface area contributed by atoms with Crippen LogP contribution < -0.4 is 0 Å². The van der Waals surface area contributed by atoms with Gasteiger partial charge < -0.3 is 4.74 Å². The van der Waals surface area contributed by atoms with Crippen LogP contribution in [-0.2, 0) is 11.2 Å². The molecule has 1 unspecified atom stereocenters. The summed E-state index contributed by atoms with van der Waals surface area (Å²) in [7, 11) is 0. The van der Waals surface area contributed by atoms with Crippen molar-refractivity contribution in [2.75, 3.05) is 18.5 Å². The molecule has 1 aromatic carbocycles. The molecule has 0 amide bonds. The summed E-state index contributed by atoms with van der Waals surface area (Å²) in [6.07, 6.45) is 1.99. The standard InChI is InChI=1S/C12H13Br2FO/c13-7-12(3-4-16-8-12)6-9-1-2-11(15)10(14)5-9/h1-2,5H,3-4,6-8H2. The Kier molecular flexibility index (Phi) is 4.03. The molecule has 0 N–H and O–H groups in total. The third-order valence-corrected chi connectivity index (χ3v) is 4.83. The fraction of sp³-hybridized carbons (Fsp3) is 0.500. The Bertz CT molecular complexity index is 375. The van der Waals surface area contributed by atoms with Gasteiger partial charge in [-0.15, -0.1) is 0 Å². The first-order valence-corrected chi connectivity index (χ1v) is 7.14. The SMILES string of the molecule is Fc1ccc(CC2(CBr)CCOC2)cc1Br. The Balaban J connectivity index is 2.16. The third kappa shape index (κ3) is 2.66. The van der Waals surface area contributed by atoms with E-state index in [1.54, 1.807) is 0 Å². The zero-order valence-corrected chi connectivity index (χ0v) is 12.0. The molecule has 1 aliphatic rings. The van der Waals surface area contributed by atoms with Gasteiger partial charge in [-0.25, -0.2) is 4.39 Å². The lowest BCUT2D eigenvalue weighted by molar-refractivity contribution is 0.162. The van der Waals surface area contributed by atoms with Gasteiger partial charge in [0, 0.05) is 17.4 Å². The van der Waals surface area contributed by atoms with E-state index in [1.807, 2.05) is 12.1 Å². The molecule has 4 heteroatoms. The van der Waals surface area contributed by atoms with E-state index in [9.17, 15) is 4.39 Å². The van der Waals surface area contributed by atoms with E-state index in [1.165, 1.54) is 6.07 Å². The van der Waals surface area contributed by atoms with Gasteiger partial charge in [0.25, 0.3) is 0 Å². The number of alkyl halides is 1. The predicted octanol–water partition coefficient (Wildman–Crippen LogP) is 3.93. The molecule has 16 heavy (non-hydrogen) atoms. The van der Waals surface area contributed by atoms with Crippen LogP contribution in [0.15, 0.2) is 22.7 Å². The second-order valence-electron chi connectivity index (χ2n) is 4.36. The Morgan fingerprint density at radius 2 is 2.25 bits per heavy atom. The number of halogens is 3. The van der Waals surface area contributed by atoms with Crippen LogP contribution in [0.4, 0.5) is 4.39 Å². The van der Waals surface area contributed by atoms with Crippen LogP contribution in [0.2, 0.25) is 0 Å². The van der Waals surface area contributed by atoms with Gasteiger partial charge in [-0.1, -0.05) is 22.0 Å². The highest BCUT2D eigenvalue weighted by atomic mass is 79.9. The van der Waals surface area contributed by atoms with Gasteiger partial charge in [0.1, 0.15) is 5.82 Å². The first-order chi connectivity index (χ1) is 7.65. The van der Waals surface area contributed by atoms with Crippen LogP contribution in [0.5, 0.6) is 0 Å². The summed E-state index contributed by atoms with van der Waals surface area (Å²) < 4.78 is 19.1. The van der Waals surface area contributed by atoms with E-state index >= 15 is 0 Å². The molecule has 1 aromatic rings. The summed E-state index contributed by atoms with van der Waals surface area (Å²) in [6, 6.07) is 5.22. The fourth-order valence-electron chi connectivity index (χ4n) is 2.02. The maximum atomic E-state index is 13.1. The summed E-state index contributed by atoms with van der Waals surface area (Å²) >= 11 is 6.78. The predicted molar refractivity (Wildman–Crippen MR) is 69.5 cm³/mol. The molecule has 0 spiro atoms. The topological polar surface area (TPSA) is 9.23 Å². The van der Waals surface area contributed by atoms with Crippen molar-refractivity contribution >= 4 is 31.9 Å². The normalized spacial score (nSPS) is 24.9. The molecular formula is C12H13Br2FO. The van der Waals surface area contributed by atoms with Crippen LogP contribution >= 0.6 is 31.9 Å². The average molecular weight is 352 g/mol. The molecule has 1 saturated heterocycles. The molecule has 0 aliphatic carbocycles. The van der Waals surface area contributed by atoms with E-state index in [0.717, 1.165) is 36.9 Å². The zero-order valence-electron chi connectivity index (χ0n) is 8.81. The van der Waals surface area contributed by atoms with Crippen molar-refractivity contribution in [1.29, 1.82) is 0 Å². The van der Waals surface area contributed by atoms with Crippen LogP contribution in [0.3, 0.4) is 0 Å². The van der Waals surface area contributed by atoms with Crippen molar-refractivity contribution in [3.63, 3.8) is 0 Å². The summed E-state index contributed by atoms with van der Waals surface area (Å²) in [5.74, 6) is -0.209. The van der Waals surface area contributed by atoms with E-state index in [4.69, 9.17) is 4.74 Å². The lowest BCUT2D eigenvalue weighted by Gasteiger charge is -2.24. The molecule has 0 aromatic heterocycles. The number of ether oxygens (including phenoxy) is 1. The number of benzene rings is 1. The summed E-state index contributed by atoms with van der Waals surface area (Å²) in [5, 5.41) is 0.926. The molecule has 2 rings (SSSR count). The van der Waals surface area contributed by atoms with E-state index < -0.39 is 0 Å². The monoisotopic (exact) mass is 350 g/mol. The summed E-state index contributed by atoms with van der Waals surface area (Å²) in [6.45, 7) is 1.61. The fourth-order valence-corrected chi connectivity index (χ4v) is 3.09. The van der Waals surface area contributed by atoms with Crippen molar-refractivity contribution in [2.45, 2.75) is 12.8 Å². The summed E-state index contributed by atoms with van der Waals surface area (Å²) in [4.78, 5) is 0. The minimum Gasteiger partial charge on any atom is -0.381 e. The highest BCUT2D eigenvalue weighted by Crippen LogP contribution is 2.35. The Hall–Kier alpha value is 0.0700. The van der Waals surface area contributed by atoms with Gasteiger partial charge in [-0.3, -0.25) is 0 Å². The van der Waals surface area contributed by atoms with Crippen LogP contribution in [0.25, 0.3) is 0 Å². The minimum absolute atomic E-state index is 0.178. The molecule has 1 heterocycles. The van der Waals surface area contributed by atoms with Gasteiger partial charge in [0.2, 0.25) is 0 Å². The molecule has 88 valence electrons. The molecule has 1 nitrogen and oxygen atoms in total. The Labute approximate surface area is 112 Å². The van der Waals surface area contributed by atoms with Crippen LogP contribution in [0, 0.1) is 11.2 Å². The highest BCUT2D eigenvalue weighted by Gasteiger charge is 2.34. The highest BCUT2D eigenvalue weighted by molar-refractivity contribution is 9.10. The Morgan fingerprint density at radius 1 is 1.44 bits per heavy atom.